The Bertz CT molecular complexity index is 410. The van der Waals surface area contributed by atoms with Crippen LogP contribution in [-0.4, -0.2) is 10.2 Å². The van der Waals surface area contributed by atoms with E-state index in [2.05, 4.69) is 16.4 Å². The molecule has 0 atom stereocenters. The highest BCUT2D eigenvalue weighted by Gasteiger charge is 2.06. The molecule has 2 aromatic rings. The van der Waals surface area contributed by atoms with Crippen molar-refractivity contribution in [1.29, 1.82) is 0 Å². The predicted octanol–water partition coefficient (Wildman–Crippen LogP) is 2.16. The quantitative estimate of drug-likeness (QED) is 0.713. The largest absolute Gasteiger partial charge is 0.277 e. The second-order valence-electron chi connectivity index (χ2n) is 2.53. The molecule has 4 heteroatoms. The molecule has 0 fully saturated rings. The Labute approximate surface area is 73.2 Å². The van der Waals surface area contributed by atoms with Crippen molar-refractivity contribution in [3.63, 3.8) is 0 Å². The van der Waals surface area contributed by atoms with Gasteiger partial charge in [-0.3, -0.25) is 5.10 Å². The molecule has 0 unspecified atom stereocenters. The van der Waals surface area contributed by atoms with Gasteiger partial charge in [-0.15, -0.1) is 0 Å². The van der Waals surface area contributed by atoms with E-state index in [0.29, 0.717) is 5.69 Å². The first-order valence-corrected chi connectivity index (χ1v) is 3.64. The van der Waals surface area contributed by atoms with Crippen LogP contribution in [0.15, 0.2) is 24.3 Å². The summed E-state index contributed by atoms with van der Waals surface area (Å²) in [6.45, 7) is 0. The Morgan fingerprint density at radius 2 is 2.15 bits per heavy atom. The van der Waals surface area contributed by atoms with Crippen molar-refractivity contribution in [1.82, 2.24) is 10.2 Å². The number of nitrogens with one attached hydrogen (secondary N) is 1. The summed E-state index contributed by atoms with van der Waals surface area (Å²) in [5.41, 5.74) is 0.771. The number of hydrogen-bond donors (Lipinski definition) is 1. The number of hydrogen-bond acceptors (Lipinski definition) is 1. The lowest BCUT2D eigenvalue weighted by molar-refractivity contribution is 0.585. The van der Waals surface area contributed by atoms with Crippen molar-refractivity contribution in [3.05, 3.63) is 42.1 Å². The van der Waals surface area contributed by atoms with Crippen molar-refractivity contribution < 1.29 is 8.78 Å². The van der Waals surface area contributed by atoms with Crippen LogP contribution in [0.25, 0.3) is 11.3 Å². The van der Waals surface area contributed by atoms with E-state index in [1.807, 2.05) is 0 Å². The number of halogens is 2. The summed E-state index contributed by atoms with van der Waals surface area (Å²) >= 11 is 0. The van der Waals surface area contributed by atoms with Gasteiger partial charge in [-0.2, -0.15) is 5.10 Å². The molecule has 1 heterocycles. The van der Waals surface area contributed by atoms with Crippen molar-refractivity contribution >= 4 is 0 Å². The fourth-order valence-electron chi connectivity index (χ4n) is 1.07. The third-order valence-corrected chi connectivity index (χ3v) is 1.67. The van der Waals surface area contributed by atoms with Gasteiger partial charge in [0.25, 0.3) is 0 Å². The normalized spacial score (nSPS) is 10.3. The molecule has 1 aromatic heterocycles. The van der Waals surface area contributed by atoms with Crippen molar-refractivity contribution in [2.45, 2.75) is 0 Å². The zero-order valence-electron chi connectivity index (χ0n) is 6.51. The monoisotopic (exact) mass is 179 g/mol. The number of nitrogens with zero attached hydrogens (tertiary/aromatic N) is 1. The van der Waals surface area contributed by atoms with Gasteiger partial charge in [0.05, 0.1) is 5.69 Å². The Morgan fingerprint density at radius 3 is 2.77 bits per heavy atom. The summed E-state index contributed by atoms with van der Waals surface area (Å²) < 4.78 is 25.6. The van der Waals surface area contributed by atoms with Gasteiger partial charge >= 0.3 is 0 Å². The van der Waals surface area contributed by atoms with Gasteiger partial charge in [0, 0.05) is 11.6 Å². The molecule has 65 valence electrons. The van der Waals surface area contributed by atoms with E-state index in [9.17, 15) is 8.78 Å². The summed E-state index contributed by atoms with van der Waals surface area (Å²) in [4.78, 5) is 0. The molecule has 0 bridgehead atoms. The molecule has 0 spiro atoms. The van der Waals surface area contributed by atoms with E-state index >= 15 is 0 Å². The number of H-pyrrole nitrogens is 1. The molecule has 0 aliphatic heterocycles. The van der Waals surface area contributed by atoms with Crippen LogP contribution in [-0.2, 0) is 0 Å². The fourth-order valence-corrected chi connectivity index (χ4v) is 1.07. The Morgan fingerprint density at radius 1 is 1.31 bits per heavy atom. The average molecular weight is 179 g/mol. The van der Waals surface area contributed by atoms with E-state index in [-0.39, 0.29) is 5.56 Å². The lowest BCUT2D eigenvalue weighted by Crippen LogP contribution is -1.86. The van der Waals surface area contributed by atoms with E-state index in [0.717, 1.165) is 6.07 Å². The van der Waals surface area contributed by atoms with Gasteiger partial charge in [0.2, 0.25) is 0 Å². The van der Waals surface area contributed by atoms with Crippen LogP contribution >= 0.6 is 0 Å². The van der Waals surface area contributed by atoms with Gasteiger partial charge in [0.15, 0.2) is 0 Å². The van der Waals surface area contributed by atoms with Crippen molar-refractivity contribution in [2.24, 2.45) is 0 Å². The molecule has 0 saturated carbocycles. The number of aromatic amines is 1. The molecule has 0 aliphatic carbocycles. The molecule has 13 heavy (non-hydrogen) atoms. The first kappa shape index (κ1) is 7.91. The Hall–Kier alpha value is -1.71. The minimum atomic E-state index is -0.613. The highest BCUT2D eigenvalue weighted by Crippen LogP contribution is 2.20. The van der Waals surface area contributed by atoms with Gasteiger partial charge < -0.3 is 0 Å². The summed E-state index contributed by atoms with van der Waals surface area (Å²) in [5, 5.41) is 6.10. The minimum Gasteiger partial charge on any atom is -0.277 e. The standard InChI is InChI=1S/C9H5F2N2/c10-6-1-2-7(8(11)5-6)9-3-4-12-13-9/h1-3,5H,(H,12,13). The first-order valence-electron chi connectivity index (χ1n) is 3.64. The van der Waals surface area contributed by atoms with Crippen LogP contribution in [0.2, 0.25) is 0 Å². The van der Waals surface area contributed by atoms with Gasteiger partial charge in [0.1, 0.15) is 17.8 Å². The summed E-state index contributed by atoms with van der Waals surface area (Å²) in [7, 11) is 0. The van der Waals surface area contributed by atoms with Crippen LogP contribution < -0.4 is 0 Å². The van der Waals surface area contributed by atoms with Gasteiger partial charge in [-0.05, 0) is 18.2 Å². The van der Waals surface area contributed by atoms with Gasteiger partial charge in [-0.1, -0.05) is 0 Å². The fraction of sp³-hybridized carbons (Fsp3) is 0. The molecule has 1 radical (unpaired) electrons. The molecule has 0 saturated heterocycles. The number of rotatable bonds is 1. The molecule has 2 rings (SSSR count). The maximum atomic E-state index is 13.1. The zero-order chi connectivity index (χ0) is 9.26. The van der Waals surface area contributed by atoms with Crippen LogP contribution in [0.5, 0.6) is 0 Å². The predicted molar refractivity (Wildman–Crippen MR) is 42.8 cm³/mol. The van der Waals surface area contributed by atoms with Crippen molar-refractivity contribution in [2.75, 3.05) is 0 Å². The molecular weight excluding hydrogens is 174 g/mol. The smallest absolute Gasteiger partial charge is 0.135 e. The molecule has 0 aliphatic rings. The third-order valence-electron chi connectivity index (χ3n) is 1.67. The van der Waals surface area contributed by atoms with Crippen LogP contribution in [0.4, 0.5) is 8.78 Å². The van der Waals surface area contributed by atoms with Gasteiger partial charge in [-0.25, -0.2) is 8.78 Å². The lowest BCUT2D eigenvalue weighted by Gasteiger charge is -1.98. The van der Waals surface area contributed by atoms with Crippen LogP contribution in [0.1, 0.15) is 0 Å². The van der Waals surface area contributed by atoms with E-state index in [1.54, 1.807) is 0 Å². The average Bonchev–Trinajstić information content (AvgIpc) is 2.56. The number of aromatic nitrogens is 2. The Balaban J connectivity index is 2.53. The highest BCUT2D eigenvalue weighted by atomic mass is 19.1. The molecular formula is C9H5F2N2. The molecule has 2 nitrogen and oxygen atoms in total. The second-order valence-corrected chi connectivity index (χ2v) is 2.53. The van der Waals surface area contributed by atoms with E-state index < -0.39 is 11.6 Å². The summed E-state index contributed by atoms with van der Waals surface area (Å²) in [6.07, 6.45) is 2.50. The minimum absolute atomic E-state index is 0.287. The van der Waals surface area contributed by atoms with Crippen molar-refractivity contribution in [3.8, 4) is 11.3 Å². The maximum Gasteiger partial charge on any atom is 0.135 e. The molecule has 0 amide bonds. The zero-order valence-corrected chi connectivity index (χ0v) is 6.51. The number of benzene rings is 1. The Kier molecular flexibility index (Phi) is 1.81. The SMILES string of the molecule is Fc1ccc(-c2c[c]n[nH]2)c(F)c1. The maximum absolute atomic E-state index is 13.1. The van der Waals surface area contributed by atoms with Crippen LogP contribution in [0.3, 0.4) is 0 Å². The first-order chi connectivity index (χ1) is 6.27. The molecule has 1 N–H and O–H groups in total. The van der Waals surface area contributed by atoms with E-state index in [4.69, 9.17) is 0 Å². The summed E-state index contributed by atoms with van der Waals surface area (Å²) in [6, 6.07) is 4.87. The highest BCUT2D eigenvalue weighted by molar-refractivity contribution is 5.58. The second kappa shape index (κ2) is 2.97. The lowest BCUT2D eigenvalue weighted by atomic mass is 10.1. The third kappa shape index (κ3) is 1.42. The van der Waals surface area contributed by atoms with E-state index in [1.165, 1.54) is 18.2 Å². The topological polar surface area (TPSA) is 28.7 Å². The summed E-state index contributed by atoms with van der Waals surface area (Å²) in [5.74, 6) is -1.21. The molecule has 1 aromatic carbocycles. The van der Waals surface area contributed by atoms with Crippen LogP contribution in [0, 0.1) is 17.8 Å².